The van der Waals surface area contributed by atoms with Gasteiger partial charge in [-0.3, -0.25) is 0 Å². The van der Waals surface area contributed by atoms with Gasteiger partial charge in [0.05, 0.1) is 20.8 Å². The third-order valence-corrected chi connectivity index (χ3v) is 3.86. The van der Waals surface area contributed by atoms with Crippen molar-refractivity contribution in [3.63, 3.8) is 0 Å². The van der Waals surface area contributed by atoms with Crippen LogP contribution >= 0.6 is 0 Å². The lowest BCUT2D eigenvalue weighted by atomic mass is 10.2. The minimum Gasteiger partial charge on any atom is -0.493 e. The third-order valence-electron chi connectivity index (χ3n) is 3.86. The molecule has 0 aliphatic carbocycles. The van der Waals surface area contributed by atoms with Gasteiger partial charge in [-0.05, 0) is 31.5 Å². The normalized spacial score (nSPS) is 10.7. The van der Waals surface area contributed by atoms with Crippen LogP contribution in [-0.2, 0) is 11.3 Å². The average Bonchev–Trinajstić information content (AvgIpc) is 3.07. The molecule has 0 aliphatic rings. The molecule has 142 valence electrons. The summed E-state index contributed by atoms with van der Waals surface area (Å²) in [4.78, 5) is 20.7. The summed E-state index contributed by atoms with van der Waals surface area (Å²) in [6.07, 6.45) is 1.44. The van der Waals surface area contributed by atoms with Gasteiger partial charge in [-0.25, -0.2) is 14.8 Å². The number of aromatic nitrogens is 4. The van der Waals surface area contributed by atoms with E-state index in [1.54, 1.807) is 28.1 Å². The molecule has 0 spiro atoms. The molecule has 27 heavy (non-hydrogen) atoms. The van der Waals surface area contributed by atoms with E-state index in [4.69, 9.17) is 14.2 Å². The highest BCUT2D eigenvalue weighted by Crippen LogP contribution is 2.27. The molecular formula is C18H21N5O4. The Labute approximate surface area is 156 Å². The average molecular weight is 371 g/mol. The summed E-state index contributed by atoms with van der Waals surface area (Å²) in [5.74, 6) is 1.82. The van der Waals surface area contributed by atoms with Gasteiger partial charge in [-0.2, -0.15) is 4.52 Å². The topological polar surface area (TPSA) is 99.9 Å². The maximum Gasteiger partial charge on any atom is 0.343 e. The van der Waals surface area contributed by atoms with Gasteiger partial charge in [0.2, 0.25) is 5.95 Å². The van der Waals surface area contributed by atoms with Crippen molar-refractivity contribution >= 4 is 17.6 Å². The van der Waals surface area contributed by atoms with Gasteiger partial charge in [0.15, 0.2) is 17.1 Å². The summed E-state index contributed by atoms with van der Waals surface area (Å²) in [5, 5.41) is 7.52. The lowest BCUT2D eigenvalue weighted by molar-refractivity contribution is 0.0527. The smallest absolute Gasteiger partial charge is 0.343 e. The van der Waals surface area contributed by atoms with Crippen LogP contribution in [-0.4, -0.2) is 46.4 Å². The molecule has 0 atom stereocenters. The van der Waals surface area contributed by atoms with E-state index in [2.05, 4.69) is 20.4 Å². The maximum atomic E-state index is 12.1. The molecule has 0 saturated heterocycles. The summed E-state index contributed by atoms with van der Waals surface area (Å²) in [6.45, 7) is 4.24. The number of fused-ring (bicyclic) bond motifs is 1. The minimum atomic E-state index is -0.478. The number of esters is 1. The van der Waals surface area contributed by atoms with Gasteiger partial charge in [0, 0.05) is 12.7 Å². The summed E-state index contributed by atoms with van der Waals surface area (Å²) in [6, 6.07) is 5.63. The number of anilines is 1. The van der Waals surface area contributed by atoms with E-state index in [1.165, 1.54) is 10.7 Å². The van der Waals surface area contributed by atoms with Crippen molar-refractivity contribution in [2.45, 2.75) is 20.4 Å². The monoisotopic (exact) mass is 371 g/mol. The van der Waals surface area contributed by atoms with Gasteiger partial charge >= 0.3 is 5.97 Å². The lowest BCUT2D eigenvalue weighted by Gasteiger charge is -2.11. The van der Waals surface area contributed by atoms with Gasteiger partial charge in [-0.15, -0.1) is 5.10 Å². The summed E-state index contributed by atoms with van der Waals surface area (Å²) >= 11 is 0. The fourth-order valence-electron chi connectivity index (χ4n) is 2.62. The van der Waals surface area contributed by atoms with Crippen LogP contribution in [0.2, 0.25) is 0 Å². The Hall–Kier alpha value is -3.36. The van der Waals surface area contributed by atoms with Gasteiger partial charge in [0.25, 0.3) is 0 Å². The van der Waals surface area contributed by atoms with Crippen LogP contribution in [0.5, 0.6) is 11.5 Å². The second kappa shape index (κ2) is 7.90. The van der Waals surface area contributed by atoms with Crippen molar-refractivity contribution < 1.29 is 19.0 Å². The van der Waals surface area contributed by atoms with Crippen LogP contribution in [0.4, 0.5) is 5.95 Å². The Balaban J connectivity index is 1.88. The Morgan fingerprint density at radius 3 is 2.70 bits per heavy atom. The number of carbonyl (C=O) groups is 1. The van der Waals surface area contributed by atoms with Crippen LogP contribution < -0.4 is 14.8 Å². The standard InChI is InChI=1S/C18H21N5O4/c1-5-27-17(24)13-10-20-18(23-16(13)21-11(2)22-23)19-9-12-6-7-14(25-3)15(8-12)26-4/h6-8,10H,5,9H2,1-4H3,(H,19,20). The number of carbonyl (C=O) groups excluding carboxylic acids is 1. The van der Waals surface area contributed by atoms with Crippen molar-refractivity contribution in [1.82, 2.24) is 19.6 Å². The quantitative estimate of drug-likeness (QED) is 0.631. The number of nitrogens with zero attached hydrogens (tertiary/aromatic N) is 4. The second-order valence-corrected chi connectivity index (χ2v) is 5.65. The number of nitrogens with one attached hydrogen (secondary N) is 1. The first-order chi connectivity index (χ1) is 13.1. The van der Waals surface area contributed by atoms with E-state index in [0.29, 0.717) is 35.5 Å². The molecule has 2 heterocycles. The zero-order valence-electron chi connectivity index (χ0n) is 15.6. The van der Waals surface area contributed by atoms with Crippen molar-refractivity contribution in [1.29, 1.82) is 0 Å². The lowest BCUT2D eigenvalue weighted by Crippen LogP contribution is -2.12. The highest BCUT2D eigenvalue weighted by Gasteiger charge is 2.18. The minimum absolute atomic E-state index is 0.272. The molecule has 0 saturated carbocycles. The van der Waals surface area contributed by atoms with E-state index in [-0.39, 0.29) is 12.2 Å². The summed E-state index contributed by atoms with van der Waals surface area (Å²) in [7, 11) is 3.18. The number of ether oxygens (including phenoxy) is 3. The Kier molecular flexibility index (Phi) is 5.39. The second-order valence-electron chi connectivity index (χ2n) is 5.65. The molecule has 0 radical (unpaired) electrons. The summed E-state index contributed by atoms with van der Waals surface area (Å²) in [5.41, 5.74) is 1.64. The van der Waals surface area contributed by atoms with Crippen LogP contribution in [0.3, 0.4) is 0 Å². The Morgan fingerprint density at radius 1 is 1.22 bits per heavy atom. The molecule has 0 fully saturated rings. The van der Waals surface area contributed by atoms with Crippen molar-refractivity contribution in [3.8, 4) is 11.5 Å². The first-order valence-electron chi connectivity index (χ1n) is 8.41. The molecule has 9 heteroatoms. The van der Waals surface area contributed by atoms with Crippen LogP contribution in [0.15, 0.2) is 24.4 Å². The number of hydrogen-bond donors (Lipinski definition) is 1. The maximum absolute atomic E-state index is 12.1. The molecule has 1 aromatic carbocycles. The first kappa shape index (κ1) is 18.4. The largest absolute Gasteiger partial charge is 0.493 e. The predicted octanol–water partition coefficient (Wildman–Crippen LogP) is 2.24. The molecule has 0 bridgehead atoms. The van der Waals surface area contributed by atoms with E-state index >= 15 is 0 Å². The Bertz CT molecular complexity index is 970. The van der Waals surface area contributed by atoms with Gasteiger partial charge in [-0.1, -0.05) is 6.07 Å². The van der Waals surface area contributed by atoms with E-state index in [0.717, 1.165) is 5.56 Å². The molecule has 0 amide bonds. The number of benzene rings is 1. The molecule has 0 unspecified atom stereocenters. The van der Waals surface area contributed by atoms with Gasteiger partial charge < -0.3 is 19.5 Å². The fourth-order valence-corrected chi connectivity index (χ4v) is 2.62. The molecule has 3 rings (SSSR count). The molecule has 2 aromatic heterocycles. The SMILES string of the molecule is CCOC(=O)c1cnc(NCc2ccc(OC)c(OC)c2)n2nc(C)nc12. The zero-order valence-corrected chi connectivity index (χ0v) is 15.6. The number of hydrogen-bond acceptors (Lipinski definition) is 8. The first-order valence-corrected chi connectivity index (χ1v) is 8.41. The fraction of sp³-hybridized carbons (Fsp3) is 0.333. The molecule has 3 aromatic rings. The highest BCUT2D eigenvalue weighted by molar-refractivity contribution is 5.95. The van der Waals surface area contributed by atoms with E-state index < -0.39 is 5.97 Å². The van der Waals surface area contributed by atoms with E-state index in [9.17, 15) is 4.79 Å². The summed E-state index contributed by atoms with van der Waals surface area (Å²) < 4.78 is 17.1. The van der Waals surface area contributed by atoms with Crippen molar-refractivity contribution in [3.05, 3.63) is 41.3 Å². The molecule has 9 nitrogen and oxygen atoms in total. The number of rotatable bonds is 7. The predicted molar refractivity (Wildman–Crippen MR) is 98.3 cm³/mol. The van der Waals surface area contributed by atoms with E-state index in [1.807, 2.05) is 18.2 Å². The number of methoxy groups -OCH3 is 2. The zero-order chi connectivity index (χ0) is 19.4. The molecule has 0 aliphatic heterocycles. The number of aryl methyl sites for hydroxylation is 1. The molecular weight excluding hydrogens is 350 g/mol. The third kappa shape index (κ3) is 3.76. The highest BCUT2D eigenvalue weighted by atomic mass is 16.5. The van der Waals surface area contributed by atoms with Crippen LogP contribution in [0, 0.1) is 6.92 Å². The van der Waals surface area contributed by atoms with Gasteiger partial charge in [0.1, 0.15) is 11.4 Å². The Morgan fingerprint density at radius 2 is 2.00 bits per heavy atom. The van der Waals surface area contributed by atoms with Crippen LogP contribution in [0.1, 0.15) is 28.7 Å². The van der Waals surface area contributed by atoms with Crippen molar-refractivity contribution in [2.75, 3.05) is 26.1 Å². The van der Waals surface area contributed by atoms with Crippen LogP contribution in [0.25, 0.3) is 5.65 Å². The molecule has 1 N–H and O–H groups in total. The van der Waals surface area contributed by atoms with Crippen molar-refractivity contribution in [2.24, 2.45) is 0 Å².